The van der Waals surface area contributed by atoms with Gasteiger partial charge in [-0.3, -0.25) is 19.5 Å². The lowest BCUT2D eigenvalue weighted by Crippen LogP contribution is -2.24. The van der Waals surface area contributed by atoms with E-state index in [4.69, 9.17) is 17.3 Å². The van der Waals surface area contributed by atoms with Gasteiger partial charge in [-0.05, 0) is 30.2 Å². The Balaban J connectivity index is 1.80. The number of nitriles is 1. The molecule has 0 saturated heterocycles. The number of aromatic nitrogens is 3. The maximum absolute atomic E-state index is 15.8. The molecule has 0 unspecified atom stereocenters. The molecule has 2 aromatic carbocycles. The number of hydrogen-bond donors (Lipinski definition) is 1. The van der Waals surface area contributed by atoms with Gasteiger partial charge in [0.1, 0.15) is 18.4 Å². The van der Waals surface area contributed by atoms with Gasteiger partial charge in [-0.15, -0.1) is 0 Å². The van der Waals surface area contributed by atoms with Crippen LogP contribution in [0.15, 0.2) is 41.7 Å². The number of rotatable bonds is 3. The van der Waals surface area contributed by atoms with Crippen LogP contribution in [0, 0.1) is 24.1 Å². The molecule has 168 valence electrons. The van der Waals surface area contributed by atoms with Gasteiger partial charge < -0.3 is 5.73 Å². The average Bonchev–Trinajstić information content (AvgIpc) is 3.22. The normalized spacial score (nSPS) is 13.1. The first-order valence-corrected chi connectivity index (χ1v) is 10.8. The number of halogens is 2. The van der Waals surface area contributed by atoms with Crippen molar-refractivity contribution >= 4 is 34.0 Å². The third kappa shape index (κ3) is 3.21. The van der Waals surface area contributed by atoms with Gasteiger partial charge in [0.2, 0.25) is 0 Å². The Bertz CT molecular complexity index is 1600. The molecule has 0 aliphatic carbocycles. The summed E-state index contributed by atoms with van der Waals surface area (Å²) in [5, 5.41) is 15.2. The minimum Gasteiger partial charge on any atom is -0.325 e. The van der Waals surface area contributed by atoms with Crippen LogP contribution in [0.4, 0.5) is 4.39 Å². The summed E-state index contributed by atoms with van der Waals surface area (Å²) < 4.78 is 17.4. The van der Waals surface area contributed by atoms with Crippen molar-refractivity contribution in [1.82, 2.24) is 14.8 Å². The highest BCUT2D eigenvalue weighted by atomic mass is 35.5. The number of hydrogen-bond acceptors (Lipinski definition) is 6. The van der Waals surface area contributed by atoms with Crippen LogP contribution in [0.2, 0.25) is 5.02 Å². The molecule has 0 saturated carbocycles. The first-order valence-electron chi connectivity index (χ1n) is 10.5. The van der Waals surface area contributed by atoms with Gasteiger partial charge >= 0.3 is 0 Å². The van der Waals surface area contributed by atoms with E-state index in [-0.39, 0.29) is 30.0 Å². The van der Waals surface area contributed by atoms with Crippen LogP contribution >= 0.6 is 11.6 Å². The highest BCUT2D eigenvalue weighted by molar-refractivity contribution is 6.31. The van der Waals surface area contributed by atoms with Crippen LogP contribution < -0.4 is 5.73 Å². The zero-order valence-electron chi connectivity index (χ0n) is 18.4. The van der Waals surface area contributed by atoms with Crippen molar-refractivity contribution in [3.05, 3.63) is 69.8 Å². The SMILES string of the molecule is Cc1c(F)c(-c2c(-c3ccc4c(c3)C(CN)=NCC4=O)cnn2C)c(C#N)c2ncc(Cl)cc12. The largest absolute Gasteiger partial charge is 0.325 e. The van der Waals surface area contributed by atoms with E-state index >= 15 is 4.39 Å². The predicted octanol–water partition coefficient (Wildman–Crippen LogP) is 4.22. The van der Waals surface area contributed by atoms with Gasteiger partial charge in [0.05, 0.1) is 39.3 Å². The Morgan fingerprint density at radius 2 is 2.03 bits per heavy atom. The van der Waals surface area contributed by atoms with E-state index in [9.17, 15) is 10.1 Å². The number of benzene rings is 2. The first kappa shape index (κ1) is 21.9. The summed E-state index contributed by atoms with van der Waals surface area (Å²) in [5.41, 5.74) is 10.3. The van der Waals surface area contributed by atoms with Gasteiger partial charge in [0.15, 0.2) is 5.78 Å². The highest BCUT2D eigenvalue weighted by Gasteiger charge is 2.27. The molecular formula is C25H18ClFN6O. The second kappa shape index (κ2) is 8.13. The quantitative estimate of drug-likeness (QED) is 0.480. The number of pyridine rings is 1. The molecule has 4 aromatic rings. The van der Waals surface area contributed by atoms with Crippen LogP contribution in [0.1, 0.15) is 27.0 Å². The van der Waals surface area contributed by atoms with Crippen molar-refractivity contribution < 1.29 is 9.18 Å². The van der Waals surface area contributed by atoms with Crippen molar-refractivity contribution in [2.75, 3.05) is 13.1 Å². The lowest BCUT2D eigenvalue weighted by molar-refractivity contribution is 0.1000. The molecule has 1 aliphatic rings. The molecular weight excluding hydrogens is 455 g/mol. The summed E-state index contributed by atoms with van der Waals surface area (Å²) in [7, 11) is 1.68. The van der Waals surface area contributed by atoms with E-state index in [0.29, 0.717) is 55.1 Å². The number of aliphatic imine (C=N–C) groups is 1. The molecule has 7 nitrogen and oxygen atoms in total. The van der Waals surface area contributed by atoms with E-state index in [1.807, 2.05) is 6.07 Å². The lowest BCUT2D eigenvalue weighted by Gasteiger charge is -2.17. The second-order valence-corrected chi connectivity index (χ2v) is 8.47. The van der Waals surface area contributed by atoms with Crippen molar-refractivity contribution in [2.24, 2.45) is 17.8 Å². The Morgan fingerprint density at radius 1 is 1.24 bits per heavy atom. The van der Waals surface area contributed by atoms with E-state index in [1.165, 1.54) is 10.9 Å². The number of aryl methyl sites for hydroxylation is 2. The number of fused-ring (bicyclic) bond motifs is 2. The molecule has 0 radical (unpaired) electrons. The Kier molecular flexibility index (Phi) is 5.24. The lowest BCUT2D eigenvalue weighted by atomic mass is 9.90. The molecule has 34 heavy (non-hydrogen) atoms. The molecule has 1 aliphatic heterocycles. The zero-order valence-corrected chi connectivity index (χ0v) is 19.1. The summed E-state index contributed by atoms with van der Waals surface area (Å²) in [6, 6.07) is 9.05. The maximum atomic E-state index is 15.8. The van der Waals surface area contributed by atoms with Crippen molar-refractivity contribution in [3.8, 4) is 28.5 Å². The highest BCUT2D eigenvalue weighted by Crippen LogP contribution is 2.40. The van der Waals surface area contributed by atoms with Gasteiger partial charge in [-0.1, -0.05) is 23.7 Å². The zero-order chi connectivity index (χ0) is 24.1. The van der Waals surface area contributed by atoms with E-state index in [1.54, 1.807) is 38.4 Å². The monoisotopic (exact) mass is 472 g/mol. The first-order chi connectivity index (χ1) is 16.3. The van der Waals surface area contributed by atoms with Crippen LogP contribution in [-0.4, -0.2) is 39.3 Å². The Labute approximate surface area is 199 Å². The van der Waals surface area contributed by atoms with Gasteiger partial charge in [-0.2, -0.15) is 10.4 Å². The predicted molar refractivity (Wildman–Crippen MR) is 129 cm³/mol. The Morgan fingerprint density at radius 3 is 2.76 bits per heavy atom. The van der Waals surface area contributed by atoms with Gasteiger partial charge in [0, 0.05) is 41.9 Å². The third-order valence-electron chi connectivity index (χ3n) is 6.13. The molecule has 3 heterocycles. The molecule has 9 heteroatoms. The number of ketones is 1. The molecule has 5 rings (SSSR count). The summed E-state index contributed by atoms with van der Waals surface area (Å²) in [5.74, 6) is -0.631. The fourth-order valence-electron chi connectivity index (χ4n) is 4.44. The van der Waals surface area contributed by atoms with E-state index in [0.717, 1.165) is 0 Å². The third-order valence-corrected chi connectivity index (χ3v) is 6.34. The minimum absolute atomic E-state index is 0.0706. The summed E-state index contributed by atoms with van der Waals surface area (Å²) in [6.07, 6.45) is 3.04. The fraction of sp³-hybridized carbons (Fsp3) is 0.160. The van der Waals surface area contributed by atoms with Crippen LogP contribution in [0.5, 0.6) is 0 Å². The van der Waals surface area contributed by atoms with Crippen molar-refractivity contribution in [1.29, 1.82) is 5.26 Å². The topological polar surface area (TPSA) is 110 Å². The smallest absolute Gasteiger partial charge is 0.184 e. The standard InChI is InChI=1S/C25H18ClFN6O/c1-12-16-6-14(26)9-31-24(16)18(7-28)22(23(12)27)25-19(10-32-33(25)2)13-3-4-15-17(5-13)20(8-29)30-11-21(15)34/h3-6,9-10H,8,11,29H2,1-2H3. The average molecular weight is 473 g/mol. The molecule has 0 amide bonds. The summed E-state index contributed by atoms with van der Waals surface area (Å²) >= 11 is 6.08. The van der Waals surface area contributed by atoms with Gasteiger partial charge in [0.25, 0.3) is 0 Å². The number of carbonyl (C=O) groups excluding carboxylic acids is 1. The molecule has 0 spiro atoms. The summed E-state index contributed by atoms with van der Waals surface area (Å²) in [4.78, 5) is 20.9. The number of Topliss-reactive ketones (excluding diaryl/α,β-unsaturated/α-hetero) is 1. The van der Waals surface area contributed by atoms with Crippen LogP contribution in [0.3, 0.4) is 0 Å². The number of nitrogens with two attached hydrogens (primary N) is 1. The van der Waals surface area contributed by atoms with Crippen LogP contribution in [-0.2, 0) is 7.05 Å². The summed E-state index contributed by atoms with van der Waals surface area (Å²) in [6.45, 7) is 1.89. The molecule has 0 bridgehead atoms. The number of carbonyl (C=O) groups is 1. The maximum Gasteiger partial charge on any atom is 0.184 e. The van der Waals surface area contributed by atoms with E-state index < -0.39 is 5.82 Å². The van der Waals surface area contributed by atoms with Crippen LogP contribution in [0.25, 0.3) is 33.3 Å². The Hall–Kier alpha value is -3.93. The van der Waals surface area contributed by atoms with Gasteiger partial charge in [-0.25, -0.2) is 4.39 Å². The number of nitrogens with zero attached hydrogens (tertiary/aromatic N) is 5. The molecule has 2 aromatic heterocycles. The fourth-order valence-corrected chi connectivity index (χ4v) is 4.60. The van der Waals surface area contributed by atoms with E-state index in [2.05, 4.69) is 21.1 Å². The molecule has 2 N–H and O–H groups in total. The van der Waals surface area contributed by atoms with Crippen molar-refractivity contribution in [2.45, 2.75) is 6.92 Å². The molecule has 0 fully saturated rings. The van der Waals surface area contributed by atoms with Crippen molar-refractivity contribution in [3.63, 3.8) is 0 Å². The molecule has 0 atom stereocenters. The minimum atomic E-state index is -0.546. The second-order valence-electron chi connectivity index (χ2n) is 8.03.